The highest BCUT2D eigenvalue weighted by Crippen LogP contribution is 2.14. The number of carbonyl (C=O) groups is 2. The lowest BCUT2D eigenvalue weighted by Crippen LogP contribution is -2.16. The number of esters is 1. The summed E-state index contributed by atoms with van der Waals surface area (Å²) in [5, 5.41) is 12.1. The predicted octanol–water partition coefficient (Wildman–Crippen LogP) is 3.63. The summed E-state index contributed by atoms with van der Waals surface area (Å²) in [6.07, 6.45) is 0. The number of ether oxygens (including phenoxy) is 1. The van der Waals surface area contributed by atoms with E-state index in [1.54, 1.807) is 48.5 Å². The van der Waals surface area contributed by atoms with Gasteiger partial charge in [-0.3, -0.25) is 9.59 Å². The molecule has 2 rings (SSSR count). The Hall–Kier alpha value is -2.49. The van der Waals surface area contributed by atoms with Crippen LogP contribution in [0.1, 0.15) is 11.1 Å². The molecule has 0 aromatic heterocycles. The van der Waals surface area contributed by atoms with Crippen molar-refractivity contribution >= 4 is 40.9 Å². The highest BCUT2D eigenvalue weighted by Gasteiger charge is 2.08. The third-order valence-corrected chi connectivity index (χ3v) is 4.20. The van der Waals surface area contributed by atoms with Crippen molar-refractivity contribution in [1.82, 2.24) is 0 Å². The molecule has 1 N–H and O–H groups in total. The molecule has 2 aromatic rings. The van der Waals surface area contributed by atoms with Gasteiger partial charge >= 0.3 is 5.97 Å². The Labute approximate surface area is 154 Å². The standard InChI is InChI=1S/C18H15ClN2O3S/c19-15-4-6-16(7-5-15)21-17(22)11-25-12-18(23)24-10-14-3-1-2-13(8-14)9-20/h1-8H,10-12H2,(H,21,22). The van der Waals surface area contributed by atoms with E-state index in [2.05, 4.69) is 5.32 Å². The molecule has 0 bridgehead atoms. The van der Waals surface area contributed by atoms with Crippen molar-refractivity contribution < 1.29 is 14.3 Å². The fourth-order valence-electron chi connectivity index (χ4n) is 1.89. The molecule has 2 aromatic carbocycles. The van der Waals surface area contributed by atoms with Crippen molar-refractivity contribution in [3.05, 3.63) is 64.7 Å². The molecular weight excluding hydrogens is 360 g/mol. The van der Waals surface area contributed by atoms with Gasteiger partial charge in [-0.2, -0.15) is 5.26 Å². The second-order valence-electron chi connectivity index (χ2n) is 5.02. The predicted molar refractivity (Wildman–Crippen MR) is 98.4 cm³/mol. The average molecular weight is 375 g/mol. The fourth-order valence-corrected chi connectivity index (χ4v) is 2.63. The van der Waals surface area contributed by atoms with Gasteiger partial charge in [-0.05, 0) is 42.0 Å². The minimum Gasteiger partial charge on any atom is -0.460 e. The number of hydrogen-bond acceptors (Lipinski definition) is 5. The normalized spacial score (nSPS) is 9.92. The van der Waals surface area contributed by atoms with Crippen LogP contribution in [0.2, 0.25) is 5.02 Å². The van der Waals surface area contributed by atoms with Crippen LogP contribution in [0.5, 0.6) is 0 Å². The van der Waals surface area contributed by atoms with Crippen LogP contribution in [0.3, 0.4) is 0 Å². The van der Waals surface area contributed by atoms with Crippen molar-refractivity contribution in [3.63, 3.8) is 0 Å². The van der Waals surface area contributed by atoms with Gasteiger partial charge in [0.05, 0.1) is 23.1 Å². The van der Waals surface area contributed by atoms with Crippen LogP contribution in [0.4, 0.5) is 5.69 Å². The van der Waals surface area contributed by atoms with E-state index in [4.69, 9.17) is 21.6 Å². The third-order valence-electron chi connectivity index (χ3n) is 3.04. The quantitative estimate of drug-likeness (QED) is 0.748. The number of hydrogen-bond donors (Lipinski definition) is 1. The summed E-state index contributed by atoms with van der Waals surface area (Å²) in [7, 11) is 0. The molecule has 128 valence electrons. The van der Waals surface area contributed by atoms with E-state index < -0.39 is 5.97 Å². The maximum absolute atomic E-state index is 11.8. The fraction of sp³-hybridized carbons (Fsp3) is 0.167. The summed E-state index contributed by atoms with van der Waals surface area (Å²) >= 11 is 6.94. The number of anilines is 1. The Bertz CT molecular complexity index is 788. The minimum absolute atomic E-state index is 0.0754. The van der Waals surface area contributed by atoms with Gasteiger partial charge < -0.3 is 10.1 Å². The zero-order valence-corrected chi connectivity index (χ0v) is 14.8. The smallest absolute Gasteiger partial charge is 0.316 e. The van der Waals surface area contributed by atoms with Crippen molar-refractivity contribution in [2.24, 2.45) is 0 Å². The third kappa shape index (κ3) is 6.87. The number of amides is 1. The number of carbonyl (C=O) groups excluding carboxylic acids is 2. The number of nitriles is 1. The van der Waals surface area contributed by atoms with Crippen molar-refractivity contribution in [1.29, 1.82) is 5.26 Å². The van der Waals surface area contributed by atoms with Gasteiger partial charge in [0.15, 0.2) is 0 Å². The second kappa shape index (κ2) is 9.72. The monoisotopic (exact) mass is 374 g/mol. The molecule has 0 aliphatic rings. The molecule has 0 saturated carbocycles. The Morgan fingerprint density at radius 1 is 1.16 bits per heavy atom. The Morgan fingerprint density at radius 3 is 2.64 bits per heavy atom. The van der Waals surface area contributed by atoms with Crippen LogP contribution >= 0.6 is 23.4 Å². The topological polar surface area (TPSA) is 79.2 Å². The molecular formula is C18H15ClN2O3S. The number of rotatable bonds is 7. The second-order valence-corrected chi connectivity index (χ2v) is 6.44. The molecule has 0 aliphatic carbocycles. The van der Waals surface area contributed by atoms with Gasteiger partial charge in [0.1, 0.15) is 6.61 Å². The van der Waals surface area contributed by atoms with E-state index in [-0.39, 0.29) is 24.0 Å². The van der Waals surface area contributed by atoms with E-state index in [1.165, 1.54) is 11.8 Å². The lowest BCUT2D eigenvalue weighted by Gasteiger charge is -2.06. The highest BCUT2D eigenvalue weighted by atomic mass is 35.5. The molecule has 1 amide bonds. The molecule has 0 radical (unpaired) electrons. The Balaban J connectivity index is 1.67. The van der Waals surface area contributed by atoms with Crippen LogP contribution in [-0.4, -0.2) is 23.4 Å². The van der Waals surface area contributed by atoms with E-state index in [0.717, 1.165) is 5.56 Å². The van der Waals surface area contributed by atoms with Crippen molar-refractivity contribution in [2.45, 2.75) is 6.61 Å². The summed E-state index contributed by atoms with van der Waals surface area (Å²) in [5.74, 6) is -0.401. The zero-order chi connectivity index (χ0) is 18.1. The van der Waals surface area contributed by atoms with E-state index in [9.17, 15) is 9.59 Å². The largest absolute Gasteiger partial charge is 0.460 e. The van der Waals surface area contributed by atoms with Gasteiger partial charge in [-0.1, -0.05) is 23.7 Å². The lowest BCUT2D eigenvalue weighted by molar-refractivity contribution is -0.141. The van der Waals surface area contributed by atoms with Gasteiger partial charge in [-0.25, -0.2) is 0 Å². The number of halogens is 1. The van der Waals surface area contributed by atoms with E-state index in [0.29, 0.717) is 16.3 Å². The molecule has 25 heavy (non-hydrogen) atoms. The highest BCUT2D eigenvalue weighted by molar-refractivity contribution is 8.00. The van der Waals surface area contributed by atoms with Gasteiger partial charge in [0, 0.05) is 10.7 Å². The molecule has 7 heteroatoms. The Kier molecular flexibility index (Phi) is 7.33. The van der Waals surface area contributed by atoms with Crippen LogP contribution in [0, 0.1) is 11.3 Å². The van der Waals surface area contributed by atoms with Gasteiger partial charge in [0.25, 0.3) is 0 Å². The lowest BCUT2D eigenvalue weighted by atomic mass is 10.1. The van der Waals surface area contributed by atoms with Gasteiger partial charge in [-0.15, -0.1) is 11.8 Å². The van der Waals surface area contributed by atoms with Gasteiger partial charge in [0.2, 0.25) is 5.91 Å². The molecule has 0 unspecified atom stereocenters. The molecule has 5 nitrogen and oxygen atoms in total. The SMILES string of the molecule is N#Cc1cccc(COC(=O)CSCC(=O)Nc2ccc(Cl)cc2)c1. The molecule has 0 heterocycles. The number of thioether (sulfide) groups is 1. The molecule has 0 spiro atoms. The van der Waals surface area contributed by atoms with Crippen LogP contribution in [0.15, 0.2) is 48.5 Å². The van der Waals surface area contributed by atoms with Crippen molar-refractivity contribution in [3.8, 4) is 6.07 Å². The summed E-state index contributed by atoms with van der Waals surface area (Å²) in [6, 6.07) is 15.7. The zero-order valence-electron chi connectivity index (χ0n) is 13.2. The summed E-state index contributed by atoms with van der Waals surface area (Å²) in [6.45, 7) is 0.103. The summed E-state index contributed by atoms with van der Waals surface area (Å²) in [5.41, 5.74) is 1.91. The van der Waals surface area contributed by atoms with Crippen LogP contribution in [-0.2, 0) is 20.9 Å². The van der Waals surface area contributed by atoms with E-state index >= 15 is 0 Å². The summed E-state index contributed by atoms with van der Waals surface area (Å²) in [4.78, 5) is 23.5. The van der Waals surface area contributed by atoms with E-state index in [1.807, 2.05) is 6.07 Å². The Morgan fingerprint density at radius 2 is 1.92 bits per heavy atom. The summed E-state index contributed by atoms with van der Waals surface area (Å²) < 4.78 is 5.13. The first-order valence-corrected chi connectivity index (χ1v) is 8.88. The maximum atomic E-state index is 11.8. The minimum atomic E-state index is -0.411. The maximum Gasteiger partial charge on any atom is 0.316 e. The number of nitrogens with one attached hydrogen (secondary N) is 1. The van der Waals surface area contributed by atoms with Crippen LogP contribution < -0.4 is 5.32 Å². The number of benzene rings is 2. The number of nitrogens with zero attached hydrogens (tertiary/aromatic N) is 1. The average Bonchev–Trinajstić information content (AvgIpc) is 2.62. The first kappa shape index (κ1) is 18.8. The van der Waals surface area contributed by atoms with Crippen molar-refractivity contribution in [2.75, 3.05) is 16.8 Å². The molecule has 0 saturated heterocycles. The first-order chi connectivity index (χ1) is 12.1. The molecule has 0 atom stereocenters. The first-order valence-electron chi connectivity index (χ1n) is 7.34. The molecule has 0 aliphatic heterocycles. The molecule has 0 fully saturated rings. The van der Waals surface area contributed by atoms with Crippen LogP contribution in [0.25, 0.3) is 0 Å².